The van der Waals surface area contributed by atoms with Crippen molar-refractivity contribution in [3.8, 4) is 0 Å². The number of carbonyl (C=O) groups excluding carboxylic acids is 1. The van der Waals surface area contributed by atoms with Crippen molar-refractivity contribution in [1.82, 2.24) is 5.32 Å². The summed E-state index contributed by atoms with van der Waals surface area (Å²) >= 11 is 0. The largest absolute Gasteiger partial charge is 0.394 e. The Hall–Kier alpha value is -1.47. The number of carbonyl (C=O) groups is 1. The minimum atomic E-state index is -1.97. The minimum absolute atomic E-state index is 0.243. The van der Waals surface area contributed by atoms with E-state index >= 15 is 0 Å². The highest BCUT2D eigenvalue weighted by molar-refractivity contribution is 5.76. The first-order chi connectivity index (χ1) is 39.8. The highest BCUT2D eigenvalue weighted by atomic mass is 16.8. The molecule has 19 heteroatoms. The molecule has 17 unspecified atom stereocenters. The first-order valence-corrected chi connectivity index (χ1v) is 32.9. The van der Waals surface area contributed by atoms with E-state index in [0.717, 1.165) is 57.8 Å². The number of rotatable bonds is 50. The maximum absolute atomic E-state index is 13.1. The number of hydrogen-bond donors (Lipinski definition) is 12. The van der Waals surface area contributed by atoms with Crippen LogP contribution in [0.15, 0.2) is 12.2 Å². The zero-order valence-corrected chi connectivity index (χ0v) is 50.7. The second-order valence-corrected chi connectivity index (χ2v) is 23.9. The lowest BCUT2D eigenvalue weighted by molar-refractivity contribution is -0.379. The van der Waals surface area contributed by atoms with Gasteiger partial charge in [-0.15, -0.1) is 0 Å². The standard InChI is InChI=1S/C63H119NO18/c1-3-5-7-9-11-12-13-14-15-16-17-18-19-20-21-22-23-24-25-26-27-28-29-30-31-32-33-34-35-36-38-40-47(68)46(64-51(69)41-39-37-10-8-6-4-2)45-77-61-57(75)54(72)59(49(43-66)79-61)82-63-58(76)55(73)60(50(44-67)80-63)81-62-56(74)53(71)52(70)48(42-65)78-62/h38,40,46-50,52-63,65-68,70-76H,3-37,39,41-45H2,1-2H3,(H,64,69)/b40-38+. The Kier molecular flexibility index (Phi) is 42.5. The summed E-state index contributed by atoms with van der Waals surface area (Å²) in [6, 6.07) is -0.965. The van der Waals surface area contributed by atoms with Gasteiger partial charge in [0.1, 0.15) is 73.2 Å². The summed E-state index contributed by atoms with van der Waals surface area (Å²) in [6.45, 7) is 1.66. The zero-order chi connectivity index (χ0) is 59.7. The number of hydrogen-bond acceptors (Lipinski definition) is 18. The predicted octanol–water partition coefficient (Wildman–Crippen LogP) is 7.33. The van der Waals surface area contributed by atoms with E-state index in [1.165, 1.54) is 167 Å². The van der Waals surface area contributed by atoms with Gasteiger partial charge in [-0.05, 0) is 19.3 Å². The number of aliphatic hydroxyl groups excluding tert-OH is 11. The van der Waals surface area contributed by atoms with E-state index in [0.29, 0.717) is 6.42 Å². The molecule has 17 atom stereocenters. The van der Waals surface area contributed by atoms with E-state index in [9.17, 15) is 61.0 Å². The number of allylic oxidation sites excluding steroid dienone is 1. The van der Waals surface area contributed by atoms with Crippen molar-refractivity contribution >= 4 is 5.91 Å². The van der Waals surface area contributed by atoms with Gasteiger partial charge in [0.05, 0.1) is 38.6 Å². The van der Waals surface area contributed by atoms with Gasteiger partial charge < -0.3 is 89.9 Å². The quantitative estimate of drug-likeness (QED) is 0.0210. The van der Waals surface area contributed by atoms with Crippen LogP contribution in [0.1, 0.15) is 251 Å². The smallest absolute Gasteiger partial charge is 0.220 e. The number of unbranched alkanes of at least 4 members (excludes halogenated alkanes) is 34. The Morgan fingerprint density at radius 3 is 1.15 bits per heavy atom. The Balaban J connectivity index is 1.33. The SMILES string of the molecule is CCCCCCCCCCCCCCCCCCCCCCCCCCCCCCC/C=C/C(O)C(COC1OC(CO)C(OC2OC(CO)C(OC3OC(CO)C(O)C(O)C3O)C(O)C2O)C(O)C1O)NC(=O)CCCCCCCC. The minimum Gasteiger partial charge on any atom is -0.394 e. The summed E-state index contributed by atoms with van der Waals surface area (Å²) < 4.78 is 34.2. The molecule has 3 aliphatic heterocycles. The lowest BCUT2D eigenvalue weighted by Crippen LogP contribution is -2.66. The summed E-state index contributed by atoms with van der Waals surface area (Å²) in [5.74, 6) is -0.283. The molecular weight excluding hydrogens is 1060 g/mol. The second-order valence-electron chi connectivity index (χ2n) is 23.9. The molecule has 3 fully saturated rings. The van der Waals surface area contributed by atoms with Crippen LogP contribution in [0.5, 0.6) is 0 Å². The molecule has 484 valence electrons. The van der Waals surface area contributed by atoms with Gasteiger partial charge in [0.15, 0.2) is 18.9 Å². The van der Waals surface area contributed by atoms with Crippen LogP contribution in [0.4, 0.5) is 0 Å². The van der Waals surface area contributed by atoms with E-state index < -0.39 is 124 Å². The van der Waals surface area contributed by atoms with Crippen LogP contribution in [-0.4, -0.2) is 193 Å². The Morgan fingerprint density at radius 2 is 0.756 bits per heavy atom. The maximum Gasteiger partial charge on any atom is 0.220 e. The van der Waals surface area contributed by atoms with Crippen molar-refractivity contribution in [3.05, 3.63) is 12.2 Å². The molecule has 1 amide bonds. The molecule has 0 aromatic carbocycles. The monoisotopic (exact) mass is 1180 g/mol. The predicted molar refractivity (Wildman–Crippen MR) is 314 cm³/mol. The first-order valence-electron chi connectivity index (χ1n) is 32.9. The molecule has 19 nitrogen and oxygen atoms in total. The van der Waals surface area contributed by atoms with Gasteiger partial charge >= 0.3 is 0 Å². The average Bonchev–Trinajstić information content (AvgIpc) is 3.28. The fourth-order valence-corrected chi connectivity index (χ4v) is 11.4. The maximum atomic E-state index is 13.1. The molecule has 0 saturated carbocycles. The molecule has 3 aliphatic rings. The third kappa shape index (κ3) is 29.5. The Labute approximate surface area is 493 Å². The van der Waals surface area contributed by atoms with E-state index in [-0.39, 0.29) is 18.9 Å². The molecule has 0 aromatic rings. The molecule has 12 N–H and O–H groups in total. The van der Waals surface area contributed by atoms with Crippen molar-refractivity contribution in [2.45, 2.75) is 356 Å². The lowest BCUT2D eigenvalue weighted by Gasteiger charge is -2.48. The molecule has 3 heterocycles. The van der Waals surface area contributed by atoms with Crippen molar-refractivity contribution in [2.75, 3.05) is 26.4 Å². The van der Waals surface area contributed by atoms with Crippen molar-refractivity contribution in [3.63, 3.8) is 0 Å². The van der Waals surface area contributed by atoms with Crippen LogP contribution in [0, 0.1) is 0 Å². The van der Waals surface area contributed by atoms with Gasteiger partial charge in [0.25, 0.3) is 0 Å². The summed E-state index contributed by atoms with van der Waals surface area (Å²) in [5.41, 5.74) is 0. The topological polar surface area (TPSA) is 307 Å². The fourth-order valence-electron chi connectivity index (χ4n) is 11.4. The van der Waals surface area contributed by atoms with Crippen LogP contribution in [0.3, 0.4) is 0 Å². The van der Waals surface area contributed by atoms with E-state index in [1.807, 2.05) is 6.08 Å². The van der Waals surface area contributed by atoms with E-state index in [4.69, 9.17) is 28.4 Å². The first kappa shape index (κ1) is 74.8. The van der Waals surface area contributed by atoms with Gasteiger partial charge in [-0.2, -0.15) is 0 Å². The van der Waals surface area contributed by atoms with Gasteiger partial charge in [0, 0.05) is 6.42 Å². The molecule has 3 rings (SSSR count). The third-order valence-electron chi connectivity index (χ3n) is 16.8. The number of ether oxygens (including phenoxy) is 6. The normalized spacial score (nSPS) is 29.6. The molecule has 3 saturated heterocycles. The van der Waals surface area contributed by atoms with Gasteiger partial charge in [-0.1, -0.05) is 238 Å². The summed E-state index contributed by atoms with van der Waals surface area (Å²) in [4.78, 5) is 13.1. The zero-order valence-electron chi connectivity index (χ0n) is 50.7. The van der Waals surface area contributed by atoms with Crippen molar-refractivity contribution in [1.29, 1.82) is 0 Å². The summed E-state index contributed by atoms with van der Waals surface area (Å²) in [6.07, 6.45) is 22.8. The number of amides is 1. The van der Waals surface area contributed by atoms with Crippen molar-refractivity contribution < 1.29 is 89.4 Å². The van der Waals surface area contributed by atoms with Crippen LogP contribution in [0.25, 0.3) is 0 Å². The highest BCUT2D eigenvalue weighted by Gasteiger charge is 2.53. The molecule has 0 bridgehead atoms. The average molecular weight is 1180 g/mol. The van der Waals surface area contributed by atoms with E-state index in [1.54, 1.807) is 6.08 Å². The van der Waals surface area contributed by atoms with Gasteiger partial charge in [0.2, 0.25) is 5.91 Å². The molecular formula is C63H119NO18. The van der Waals surface area contributed by atoms with Gasteiger partial charge in [-0.25, -0.2) is 0 Å². The molecule has 0 radical (unpaired) electrons. The highest BCUT2D eigenvalue weighted by Crippen LogP contribution is 2.33. The van der Waals surface area contributed by atoms with Crippen LogP contribution >= 0.6 is 0 Å². The van der Waals surface area contributed by atoms with Crippen LogP contribution in [0.2, 0.25) is 0 Å². The van der Waals surface area contributed by atoms with Crippen LogP contribution < -0.4 is 5.32 Å². The van der Waals surface area contributed by atoms with Crippen LogP contribution in [-0.2, 0) is 33.2 Å². The molecule has 0 aliphatic carbocycles. The number of aliphatic hydroxyl groups is 11. The second kappa shape index (κ2) is 46.7. The van der Waals surface area contributed by atoms with Crippen molar-refractivity contribution in [2.24, 2.45) is 0 Å². The Bertz CT molecular complexity index is 1550. The Morgan fingerprint density at radius 1 is 0.427 bits per heavy atom. The molecule has 82 heavy (non-hydrogen) atoms. The third-order valence-corrected chi connectivity index (χ3v) is 16.8. The lowest BCUT2D eigenvalue weighted by atomic mass is 9.96. The fraction of sp³-hybridized carbons (Fsp3) is 0.952. The molecule has 0 aromatic heterocycles. The van der Waals surface area contributed by atoms with Gasteiger partial charge in [-0.3, -0.25) is 4.79 Å². The summed E-state index contributed by atoms with van der Waals surface area (Å²) in [7, 11) is 0. The van der Waals surface area contributed by atoms with E-state index in [2.05, 4.69) is 19.2 Å². The molecule has 0 spiro atoms. The summed E-state index contributed by atoms with van der Waals surface area (Å²) in [5, 5.41) is 120. The number of nitrogens with one attached hydrogen (secondary N) is 1.